The summed E-state index contributed by atoms with van der Waals surface area (Å²) in [6, 6.07) is 14.9. The minimum atomic E-state index is -0.0368. The van der Waals surface area contributed by atoms with E-state index >= 15 is 0 Å². The molecule has 5 nitrogen and oxygen atoms in total. The van der Waals surface area contributed by atoms with E-state index in [-0.39, 0.29) is 5.43 Å². The predicted octanol–water partition coefficient (Wildman–Crippen LogP) is 4.26. The molecular formula is C24H27NO4. The van der Waals surface area contributed by atoms with Crippen molar-refractivity contribution in [2.75, 3.05) is 39.5 Å². The third kappa shape index (κ3) is 4.69. The Hall–Kier alpha value is -2.63. The van der Waals surface area contributed by atoms with Gasteiger partial charge in [0.25, 0.3) is 0 Å². The van der Waals surface area contributed by atoms with Crippen LogP contribution in [0.3, 0.4) is 0 Å². The Labute approximate surface area is 170 Å². The average molecular weight is 393 g/mol. The molecule has 1 aliphatic rings. The van der Waals surface area contributed by atoms with Crippen LogP contribution in [-0.4, -0.2) is 44.4 Å². The minimum Gasteiger partial charge on any atom is -0.493 e. The van der Waals surface area contributed by atoms with Gasteiger partial charge in [-0.05, 0) is 38.4 Å². The normalized spacial score (nSPS) is 14.9. The van der Waals surface area contributed by atoms with Gasteiger partial charge in [-0.15, -0.1) is 0 Å². The van der Waals surface area contributed by atoms with Crippen LogP contribution in [0.2, 0.25) is 0 Å². The summed E-state index contributed by atoms with van der Waals surface area (Å²) in [5.74, 6) is 1.35. The van der Waals surface area contributed by atoms with Gasteiger partial charge in [0, 0.05) is 30.3 Å². The Morgan fingerprint density at radius 2 is 1.83 bits per heavy atom. The zero-order valence-corrected chi connectivity index (χ0v) is 16.9. The highest BCUT2D eigenvalue weighted by atomic mass is 16.5. The quantitative estimate of drug-likeness (QED) is 0.562. The van der Waals surface area contributed by atoms with Crippen molar-refractivity contribution in [3.8, 4) is 17.1 Å². The van der Waals surface area contributed by atoms with Crippen molar-refractivity contribution in [3.05, 3.63) is 64.3 Å². The second-order valence-corrected chi connectivity index (χ2v) is 7.42. The molecule has 1 saturated heterocycles. The molecular weight excluding hydrogens is 366 g/mol. The van der Waals surface area contributed by atoms with Crippen LogP contribution in [0.15, 0.2) is 57.7 Å². The van der Waals surface area contributed by atoms with E-state index in [2.05, 4.69) is 4.90 Å². The highest BCUT2D eigenvalue weighted by Gasteiger charge is 2.13. The molecule has 4 rings (SSSR count). The monoisotopic (exact) mass is 393 g/mol. The van der Waals surface area contributed by atoms with Crippen LogP contribution in [0.25, 0.3) is 22.3 Å². The fraction of sp³-hybridized carbons (Fsp3) is 0.375. The molecule has 29 heavy (non-hydrogen) atoms. The fourth-order valence-electron chi connectivity index (χ4n) is 3.68. The molecule has 0 N–H and O–H groups in total. The smallest absolute Gasteiger partial charge is 0.193 e. The number of morpholine rings is 1. The summed E-state index contributed by atoms with van der Waals surface area (Å²) < 4.78 is 17.5. The number of hydrogen-bond donors (Lipinski definition) is 0. The molecule has 3 aromatic rings. The zero-order valence-electron chi connectivity index (χ0n) is 16.9. The molecule has 1 fully saturated rings. The molecule has 0 atom stereocenters. The molecule has 0 unspecified atom stereocenters. The Bertz CT molecular complexity index is 1010. The summed E-state index contributed by atoms with van der Waals surface area (Å²) in [5, 5.41) is 0.585. The van der Waals surface area contributed by atoms with E-state index in [1.807, 2.05) is 43.3 Å². The van der Waals surface area contributed by atoms with Crippen LogP contribution < -0.4 is 10.2 Å². The Morgan fingerprint density at radius 1 is 1.03 bits per heavy atom. The highest BCUT2D eigenvalue weighted by Crippen LogP contribution is 2.29. The average Bonchev–Trinajstić information content (AvgIpc) is 2.76. The summed E-state index contributed by atoms with van der Waals surface area (Å²) >= 11 is 0. The molecule has 0 amide bonds. The van der Waals surface area contributed by atoms with Gasteiger partial charge in [0.1, 0.15) is 17.1 Å². The first-order valence-electron chi connectivity index (χ1n) is 10.3. The molecule has 0 saturated carbocycles. The summed E-state index contributed by atoms with van der Waals surface area (Å²) in [6.45, 7) is 7.40. The Morgan fingerprint density at radius 3 is 2.62 bits per heavy atom. The predicted molar refractivity (Wildman–Crippen MR) is 115 cm³/mol. The first-order valence-corrected chi connectivity index (χ1v) is 10.3. The van der Waals surface area contributed by atoms with Gasteiger partial charge in [0.15, 0.2) is 5.43 Å². The first kappa shape index (κ1) is 19.7. The van der Waals surface area contributed by atoms with Crippen LogP contribution in [0.5, 0.6) is 5.75 Å². The maximum Gasteiger partial charge on any atom is 0.193 e. The van der Waals surface area contributed by atoms with Crippen LogP contribution >= 0.6 is 0 Å². The Balaban J connectivity index is 1.44. The van der Waals surface area contributed by atoms with Crippen molar-refractivity contribution < 1.29 is 13.9 Å². The number of aryl methyl sites for hydroxylation is 1. The van der Waals surface area contributed by atoms with Crippen LogP contribution in [-0.2, 0) is 4.74 Å². The SMILES string of the molecule is Cc1c(OCCCCN2CCOCC2)ccc2c(=O)cc(-c3ccccc3)oc12. The first-order chi connectivity index (χ1) is 14.2. The zero-order chi connectivity index (χ0) is 20.1. The van der Waals surface area contributed by atoms with E-state index in [0.29, 0.717) is 23.3 Å². The second-order valence-electron chi connectivity index (χ2n) is 7.42. The van der Waals surface area contributed by atoms with Crippen molar-refractivity contribution >= 4 is 11.0 Å². The lowest BCUT2D eigenvalue weighted by atomic mass is 10.1. The highest BCUT2D eigenvalue weighted by molar-refractivity contribution is 5.83. The fourth-order valence-corrected chi connectivity index (χ4v) is 3.68. The van der Waals surface area contributed by atoms with Gasteiger partial charge in [0.05, 0.1) is 25.2 Å². The van der Waals surface area contributed by atoms with Crippen LogP contribution in [0.4, 0.5) is 0 Å². The number of fused-ring (bicyclic) bond motifs is 1. The lowest BCUT2D eigenvalue weighted by Crippen LogP contribution is -2.36. The third-order valence-electron chi connectivity index (χ3n) is 5.38. The number of unbranched alkanes of at least 4 members (excludes halogenated alkanes) is 1. The van der Waals surface area contributed by atoms with Crippen molar-refractivity contribution in [1.29, 1.82) is 0 Å². The van der Waals surface area contributed by atoms with Gasteiger partial charge in [-0.3, -0.25) is 9.69 Å². The maximum atomic E-state index is 12.6. The molecule has 1 aromatic heterocycles. The van der Waals surface area contributed by atoms with E-state index in [9.17, 15) is 4.79 Å². The lowest BCUT2D eigenvalue weighted by molar-refractivity contribution is 0.0368. The number of ether oxygens (including phenoxy) is 2. The van der Waals surface area contributed by atoms with Crippen LogP contribution in [0.1, 0.15) is 18.4 Å². The maximum absolute atomic E-state index is 12.6. The molecule has 0 aliphatic carbocycles. The number of hydrogen-bond acceptors (Lipinski definition) is 5. The molecule has 2 aromatic carbocycles. The summed E-state index contributed by atoms with van der Waals surface area (Å²) in [5.41, 5.74) is 2.32. The van der Waals surface area contributed by atoms with Crippen molar-refractivity contribution in [2.45, 2.75) is 19.8 Å². The second kappa shape index (κ2) is 9.25. The van der Waals surface area contributed by atoms with Crippen molar-refractivity contribution in [2.24, 2.45) is 0 Å². The van der Waals surface area contributed by atoms with Gasteiger partial charge in [-0.2, -0.15) is 0 Å². The Kier molecular flexibility index (Phi) is 6.27. The summed E-state index contributed by atoms with van der Waals surface area (Å²) in [4.78, 5) is 15.0. The minimum absolute atomic E-state index is 0.0368. The summed E-state index contributed by atoms with van der Waals surface area (Å²) in [7, 11) is 0. The van der Waals surface area contributed by atoms with Crippen molar-refractivity contribution in [3.63, 3.8) is 0 Å². The van der Waals surface area contributed by atoms with Crippen molar-refractivity contribution in [1.82, 2.24) is 4.90 Å². The molecule has 1 aliphatic heterocycles. The van der Waals surface area contributed by atoms with E-state index in [1.54, 1.807) is 12.1 Å². The molecule has 0 bridgehead atoms. The standard InChI is InChI=1S/C24H27NO4/c1-18-22(28-14-6-5-11-25-12-15-27-16-13-25)10-9-20-21(26)17-23(29-24(18)20)19-7-3-2-4-8-19/h2-4,7-10,17H,5-6,11-16H2,1H3. The third-order valence-corrected chi connectivity index (χ3v) is 5.38. The van der Waals surface area contributed by atoms with E-state index < -0.39 is 0 Å². The van der Waals surface area contributed by atoms with Crippen LogP contribution in [0, 0.1) is 6.92 Å². The topological polar surface area (TPSA) is 51.9 Å². The number of nitrogens with zero attached hydrogens (tertiary/aromatic N) is 1. The van der Waals surface area contributed by atoms with Gasteiger partial charge >= 0.3 is 0 Å². The lowest BCUT2D eigenvalue weighted by Gasteiger charge is -2.26. The van der Waals surface area contributed by atoms with E-state index in [4.69, 9.17) is 13.9 Å². The van der Waals surface area contributed by atoms with E-state index in [0.717, 1.165) is 62.6 Å². The van der Waals surface area contributed by atoms with Gasteiger partial charge in [0.2, 0.25) is 0 Å². The molecule has 2 heterocycles. The van der Waals surface area contributed by atoms with Gasteiger partial charge in [-0.25, -0.2) is 0 Å². The molecule has 0 spiro atoms. The largest absolute Gasteiger partial charge is 0.493 e. The van der Waals surface area contributed by atoms with Gasteiger partial charge < -0.3 is 13.9 Å². The number of benzene rings is 2. The van der Waals surface area contributed by atoms with Gasteiger partial charge in [-0.1, -0.05) is 30.3 Å². The number of rotatable bonds is 7. The molecule has 152 valence electrons. The molecule has 0 radical (unpaired) electrons. The summed E-state index contributed by atoms with van der Waals surface area (Å²) in [6.07, 6.45) is 2.09. The molecule has 5 heteroatoms. The van der Waals surface area contributed by atoms with E-state index in [1.165, 1.54) is 0 Å².